The monoisotopic (exact) mass is 339 g/mol. The summed E-state index contributed by atoms with van der Waals surface area (Å²) in [7, 11) is 1.64. The Morgan fingerprint density at radius 1 is 1.32 bits per heavy atom. The van der Waals surface area contributed by atoms with E-state index in [4.69, 9.17) is 4.74 Å². The molecule has 7 nitrogen and oxygen atoms in total. The van der Waals surface area contributed by atoms with Crippen molar-refractivity contribution in [3.63, 3.8) is 0 Å². The number of hydrogen-bond acceptors (Lipinski definition) is 5. The van der Waals surface area contributed by atoms with Gasteiger partial charge in [-0.15, -0.1) is 5.10 Å². The molecule has 1 atom stereocenters. The molecule has 0 aliphatic heterocycles. The van der Waals surface area contributed by atoms with E-state index in [9.17, 15) is 4.79 Å². The zero-order valence-electron chi connectivity index (χ0n) is 14.6. The molecule has 0 aliphatic rings. The fourth-order valence-electron chi connectivity index (χ4n) is 2.69. The topological polar surface area (TPSA) is 81.9 Å². The highest BCUT2D eigenvalue weighted by atomic mass is 16.5. The van der Waals surface area contributed by atoms with Gasteiger partial charge in [0, 0.05) is 31.3 Å². The van der Waals surface area contributed by atoms with Crippen LogP contribution in [0, 0.1) is 6.92 Å². The van der Waals surface area contributed by atoms with E-state index in [1.165, 1.54) is 0 Å². The minimum atomic E-state index is -0.236. The second-order valence-corrected chi connectivity index (χ2v) is 5.94. The molecule has 7 heteroatoms. The van der Waals surface area contributed by atoms with Gasteiger partial charge < -0.3 is 10.1 Å². The van der Waals surface area contributed by atoms with Gasteiger partial charge in [0.2, 0.25) is 0 Å². The summed E-state index contributed by atoms with van der Waals surface area (Å²) in [5.41, 5.74) is 2.61. The fourth-order valence-corrected chi connectivity index (χ4v) is 2.69. The van der Waals surface area contributed by atoms with Gasteiger partial charge in [-0.1, -0.05) is 23.4 Å². The normalized spacial score (nSPS) is 12.3. The van der Waals surface area contributed by atoms with Crippen molar-refractivity contribution in [3.05, 3.63) is 47.9 Å². The molecule has 1 unspecified atom stereocenters. The molecule has 3 rings (SSSR count). The summed E-state index contributed by atoms with van der Waals surface area (Å²) >= 11 is 0. The first-order chi connectivity index (χ1) is 12.1. The lowest BCUT2D eigenvalue weighted by molar-refractivity contribution is 0.0924. The van der Waals surface area contributed by atoms with Crippen LogP contribution in [-0.4, -0.2) is 45.6 Å². The van der Waals surface area contributed by atoms with Crippen LogP contribution in [0.4, 0.5) is 0 Å². The zero-order valence-corrected chi connectivity index (χ0v) is 14.6. The molecule has 0 aliphatic carbocycles. The highest BCUT2D eigenvalue weighted by Gasteiger charge is 2.19. The summed E-state index contributed by atoms with van der Waals surface area (Å²) in [5.74, 6) is -0.236. The lowest BCUT2D eigenvalue weighted by atomic mass is 10.2. The highest BCUT2D eigenvalue weighted by molar-refractivity contribution is 5.94. The number of amides is 1. The number of rotatable bonds is 6. The van der Waals surface area contributed by atoms with Gasteiger partial charge >= 0.3 is 0 Å². The Bertz CT molecular complexity index is 885. The Balaban J connectivity index is 1.89. The van der Waals surface area contributed by atoms with Crippen LogP contribution >= 0.6 is 0 Å². The molecule has 3 aromatic rings. The van der Waals surface area contributed by atoms with Crippen LogP contribution in [0.15, 0.2) is 36.5 Å². The van der Waals surface area contributed by atoms with Crippen LogP contribution < -0.4 is 5.32 Å². The van der Waals surface area contributed by atoms with Gasteiger partial charge in [-0.25, -0.2) is 4.68 Å². The van der Waals surface area contributed by atoms with E-state index in [2.05, 4.69) is 20.6 Å². The van der Waals surface area contributed by atoms with Gasteiger partial charge in [-0.2, -0.15) is 0 Å². The number of fused-ring (bicyclic) bond motifs is 1. The Morgan fingerprint density at radius 2 is 2.12 bits per heavy atom. The Hall–Kier alpha value is -2.80. The average Bonchev–Trinajstić information content (AvgIpc) is 3.01. The maximum Gasteiger partial charge on any atom is 0.273 e. The minimum absolute atomic E-state index is 0.00350. The van der Waals surface area contributed by atoms with Gasteiger partial charge in [0.15, 0.2) is 5.69 Å². The highest BCUT2D eigenvalue weighted by Crippen LogP contribution is 2.21. The van der Waals surface area contributed by atoms with Crippen LogP contribution in [0.1, 0.15) is 29.5 Å². The third-order valence-corrected chi connectivity index (χ3v) is 4.08. The second kappa shape index (κ2) is 7.40. The number of carbonyl (C=O) groups is 1. The van der Waals surface area contributed by atoms with Crippen LogP contribution in [0.2, 0.25) is 0 Å². The van der Waals surface area contributed by atoms with Gasteiger partial charge in [-0.3, -0.25) is 9.78 Å². The number of carbonyl (C=O) groups excluding carboxylic acids is 1. The van der Waals surface area contributed by atoms with E-state index in [0.717, 1.165) is 23.0 Å². The summed E-state index contributed by atoms with van der Waals surface area (Å²) in [6, 6.07) is 9.72. The Kier molecular flexibility index (Phi) is 5.04. The minimum Gasteiger partial charge on any atom is -0.385 e. The summed E-state index contributed by atoms with van der Waals surface area (Å²) in [4.78, 5) is 16.9. The molecule has 0 spiro atoms. The molecule has 1 N–H and O–H groups in total. The molecule has 2 heterocycles. The molecule has 1 aromatic carbocycles. The van der Waals surface area contributed by atoms with E-state index < -0.39 is 0 Å². The molecule has 0 fully saturated rings. The number of nitrogens with one attached hydrogen (secondary N) is 1. The average molecular weight is 339 g/mol. The maximum atomic E-state index is 12.5. The number of ether oxygens (including phenoxy) is 1. The van der Waals surface area contributed by atoms with Gasteiger partial charge in [0.05, 0.1) is 16.9 Å². The molecular weight excluding hydrogens is 318 g/mol. The standard InChI is InChI=1S/C18H21N5O2/c1-12(9-11-25-3)20-18(24)16-13(2)23(22-21-16)15-8-4-6-14-7-5-10-19-17(14)15/h4-8,10,12H,9,11H2,1-3H3,(H,20,24). The van der Waals surface area contributed by atoms with Gasteiger partial charge in [0.25, 0.3) is 5.91 Å². The number of para-hydroxylation sites is 1. The SMILES string of the molecule is COCCC(C)NC(=O)c1nnn(-c2cccc3cccnc23)c1C. The largest absolute Gasteiger partial charge is 0.385 e. The summed E-state index contributed by atoms with van der Waals surface area (Å²) in [5, 5.41) is 12.2. The second-order valence-electron chi connectivity index (χ2n) is 5.94. The summed E-state index contributed by atoms with van der Waals surface area (Å²) < 4.78 is 6.69. The molecule has 0 saturated heterocycles. The summed E-state index contributed by atoms with van der Waals surface area (Å²) in [6.45, 7) is 4.36. The van der Waals surface area contributed by atoms with Crippen LogP contribution in [0.5, 0.6) is 0 Å². The first-order valence-electron chi connectivity index (χ1n) is 8.18. The quantitative estimate of drug-likeness (QED) is 0.745. The van der Waals surface area contributed by atoms with Crippen molar-refractivity contribution < 1.29 is 9.53 Å². The molecule has 130 valence electrons. The van der Waals surface area contributed by atoms with E-state index in [-0.39, 0.29) is 11.9 Å². The molecule has 2 aromatic heterocycles. The van der Waals surface area contributed by atoms with Crippen molar-refractivity contribution >= 4 is 16.8 Å². The number of methoxy groups -OCH3 is 1. The third-order valence-electron chi connectivity index (χ3n) is 4.08. The molecule has 25 heavy (non-hydrogen) atoms. The van der Waals surface area contributed by atoms with E-state index in [1.54, 1.807) is 18.0 Å². The summed E-state index contributed by atoms with van der Waals surface area (Å²) in [6.07, 6.45) is 2.48. The smallest absolute Gasteiger partial charge is 0.273 e. The van der Waals surface area contributed by atoms with Crippen LogP contribution in [0.25, 0.3) is 16.6 Å². The first kappa shape index (κ1) is 17.0. The van der Waals surface area contributed by atoms with Crippen molar-refractivity contribution in [1.29, 1.82) is 0 Å². The number of hydrogen-bond donors (Lipinski definition) is 1. The molecule has 0 saturated carbocycles. The van der Waals surface area contributed by atoms with Crippen molar-refractivity contribution in [1.82, 2.24) is 25.3 Å². The lowest BCUT2D eigenvalue weighted by Crippen LogP contribution is -2.34. The predicted molar refractivity (Wildman–Crippen MR) is 94.8 cm³/mol. The van der Waals surface area contributed by atoms with Crippen LogP contribution in [0.3, 0.4) is 0 Å². The fraction of sp³-hybridized carbons (Fsp3) is 0.333. The molecular formula is C18H21N5O2. The lowest BCUT2D eigenvalue weighted by Gasteiger charge is -2.12. The van der Waals surface area contributed by atoms with E-state index in [1.807, 2.05) is 44.2 Å². The van der Waals surface area contributed by atoms with Crippen molar-refractivity contribution in [3.8, 4) is 5.69 Å². The van der Waals surface area contributed by atoms with Crippen molar-refractivity contribution in [2.75, 3.05) is 13.7 Å². The first-order valence-corrected chi connectivity index (χ1v) is 8.18. The number of benzene rings is 1. The Morgan fingerprint density at radius 3 is 2.92 bits per heavy atom. The number of nitrogens with zero attached hydrogens (tertiary/aromatic N) is 4. The molecule has 0 bridgehead atoms. The maximum absolute atomic E-state index is 12.5. The van der Waals surface area contributed by atoms with Crippen molar-refractivity contribution in [2.24, 2.45) is 0 Å². The Labute approximate surface area is 146 Å². The third kappa shape index (κ3) is 3.51. The van der Waals surface area contributed by atoms with Crippen LogP contribution in [-0.2, 0) is 4.74 Å². The molecule has 0 radical (unpaired) electrons. The predicted octanol–water partition coefficient (Wildman–Crippen LogP) is 2.28. The number of pyridine rings is 1. The van der Waals surface area contributed by atoms with Crippen molar-refractivity contribution in [2.45, 2.75) is 26.3 Å². The molecule has 1 amide bonds. The van der Waals surface area contributed by atoms with E-state index >= 15 is 0 Å². The zero-order chi connectivity index (χ0) is 17.8. The number of aromatic nitrogens is 4. The van der Waals surface area contributed by atoms with Gasteiger partial charge in [-0.05, 0) is 32.4 Å². The van der Waals surface area contributed by atoms with E-state index in [0.29, 0.717) is 18.0 Å². The van der Waals surface area contributed by atoms with Gasteiger partial charge in [0.1, 0.15) is 0 Å².